The lowest BCUT2D eigenvalue weighted by Crippen LogP contribution is -2.58. The Kier molecular flexibility index (Phi) is 11.2. The number of imidazole rings is 2. The smallest absolute Gasteiger partial charge is 0.326 e. The van der Waals surface area contributed by atoms with Crippen LogP contribution in [0.1, 0.15) is 36.2 Å². The maximum Gasteiger partial charge on any atom is 0.326 e. The summed E-state index contributed by atoms with van der Waals surface area (Å²) < 4.78 is 0. The number of carbonyl (C=O) groups excluding carboxylic acids is 3. The summed E-state index contributed by atoms with van der Waals surface area (Å²) in [6.45, 7) is 0.403. The van der Waals surface area contributed by atoms with Crippen molar-refractivity contribution in [2.75, 3.05) is 6.54 Å². The summed E-state index contributed by atoms with van der Waals surface area (Å²) >= 11 is 0. The Labute approximate surface area is 253 Å². The summed E-state index contributed by atoms with van der Waals surface area (Å²) in [5, 5.41) is 18.6. The zero-order valence-electron chi connectivity index (χ0n) is 24.1. The summed E-state index contributed by atoms with van der Waals surface area (Å²) in [5.41, 5.74) is 14.8. The number of hydrogen-bond acceptors (Lipinski definition) is 8. The number of nitrogens with two attached hydrogens (primary N) is 2. The number of aliphatic carboxylic acids is 1. The first-order chi connectivity index (χ1) is 21.2. The van der Waals surface area contributed by atoms with Gasteiger partial charge in [-0.3, -0.25) is 14.4 Å². The maximum absolute atomic E-state index is 13.6. The number of carbonyl (C=O) groups is 4. The van der Waals surface area contributed by atoms with E-state index in [0.717, 1.165) is 16.5 Å². The lowest BCUT2D eigenvalue weighted by molar-refractivity contribution is -0.142. The Bertz CT molecular complexity index is 1520. The SMILES string of the molecule is NCCCCC(NC(=O)C(N)Cc1c[nH]c2ccccc12)C(=O)NC(Cc1cnc[nH]1)C(=O)NC(Cc1cnc[nH]1)C(=O)O. The van der Waals surface area contributed by atoms with Crippen LogP contribution in [0.5, 0.6) is 0 Å². The zero-order valence-corrected chi connectivity index (χ0v) is 24.1. The molecule has 0 spiro atoms. The van der Waals surface area contributed by atoms with Crippen molar-refractivity contribution in [3.63, 3.8) is 0 Å². The van der Waals surface area contributed by atoms with Gasteiger partial charge in [-0.25, -0.2) is 14.8 Å². The molecule has 15 heteroatoms. The van der Waals surface area contributed by atoms with Gasteiger partial charge in [0.15, 0.2) is 0 Å². The predicted octanol–water partition coefficient (Wildman–Crippen LogP) is -0.363. The van der Waals surface area contributed by atoms with Gasteiger partial charge in [-0.15, -0.1) is 0 Å². The van der Waals surface area contributed by atoms with Crippen LogP contribution in [-0.2, 0) is 38.4 Å². The molecular weight excluding hydrogens is 568 g/mol. The van der Waals surface area contributed by atoms with Gasteiger partial charge in [-0.05, 0) is 43.9 Å². The van der Waals surface area contributed by atoms with Gasteiger partial charge in [0.05, 0.1) is 18.7 Å². The fourth-order valence-corrected chi connectivity index (χ4v) is 4.86. The second kappa shape index (κ2) is 15.5. The maximum atomic E-state index is 13.6. The number of nitrogens with one attached hydrogen (secondary N) is 6. The number of unbranched alkanes of at least 4 members (excludes halogenated alkanes) is 1. The minimum Gasteiger partial charge on any atom is -0.480 e. The third kappa shape index (κ3) is 8.75. The molecule has 0 aliphatic heterocycles. The van der Waals surface area contributed by atoms with E-state index in [1.54, 1.807) is 6.20 Å². The van der Waals surface area contributed by atoms with E-state index in [0.29, 0.717) is 30.8 Å². The average Bonchev–Trinajstić information content (AvgIpc) is 3.79. The number of carboxylic acids is 1. The van der Waals surface area contributed by atoms with Gasteiger partial charge in [-0.2, -0.15) is 0 Å². The van der Waals surface area contributed by atoms with Crippen molar-refractivity contribution in [3.8, 4) is 0 Å². The molecule has 4 rings (SSSR count). The van der Waals surface area contributed by atoms with E-state index in [4.69, 9.17) is 11.5 Å². The van der Waals surface area contributed by atoms with Crippen LogP contribution in [0, 0.1) is 0 Å². The van der Waals surface area contributed by atoms with E-state index < -0.39 is 47.9 Å². The summed E-state index contributed by atoms with van der Waals surface area (Å²) in [4.78, 5) is 68.7. The number of para-hydroxylation sites is 1. The number of benzene rings is 1. The molecule has 3 amide bonds. The van der Waals surface area contributed by atoms with Crippen molar-refractivity contribution < 1.29 is 24.3 Å². The zero-order chi connectivity index (χ0) is 31.5. The lowest BCUT2D eigenvalue weighted by atomic mass is 10.0. The molecule has 4 aromatic rings. The monoisotopic (exact) mass is 606 g/mol. The van der Waals surface area contributed by atoms with Crippen LogP contribution in [0.2, 0.25) is 0 Å². The van der Waals surface area contributed by atoms with Crippen LogP contribution in [-0.4, -0.2) is 84.4 Å². The van der Waals surface area contributed by atoms with Crippen LogP contribution >= 0.6 is 0 Å². The van der Waals surface area contributed by atoms with Crippen molar-refractivity contribution in [3.05, 3.63) is 72.5 Å². The molecule has 3 aromatic heterocycles. The van der Waals surface area contributed by atoms with Gasteiger partial charge in [-0.1, -0.05) is 18.2 Å². The normalized spacial score (nSPS) is 14.0. The highest BCUT2D eigenvalue weighted by atomic mass is 16.4. The molecule has 11 N–H and O–H groups in total. The van der Waals surface area contributed by atoms with Crippen molar-refractivity contribution in [1.29, 1.82) is 0 Å². The van der Waals surface area contributed by atoms with Crippen LogP contribution in [0.25, 0.3) is 10.9 Å². The lowest BCUT2D eigenvalue weighted by Gasteiger charge is -2.25. The number of aromatic nitrogens is 5. The summed E-state index contributed by atoms with van der Waals surface area (Å²) in [6, 6.07) is 3.24. The van der Waals surface area contributed by atoms with Crippen LogP contribution < -0.4 is 27.4 Å². The topological polar surface area (TPSA) is 250 Å². The third-order valence-electron chi connectivity index (χ3n) is 7.24. The Morgan fingerprint density at radius 1 is 0.795 bits per heavy atom. The Balaban J connectivity index is 1.46. The summed E-state index contributed by atoms with van der Waals surface area (Å²) in [7, 11) is 0. The molecule has 4 atom stereocenters. The van der Waals surface area contributed by atoms with Crippen molar-refractivity contribution in [1.82, 2.24) is 40.9 Å². The van der Waals surface area contributed by atoms with Crippen molar-refractivity contribution >= 4 is 34.6 Å². The van der Waals surface area contributed by atoms with Gasteiger partial charge in [0.25, 0.3) is 0 Å². The van der Waals surface area contributed by atoms with Gasteiger partial charge < -0.3 is 47.5 Å². The number of nitrogens with zero attached hydrogens (tertiary/aromatic N) is 2. The first-order valence-electron chi connectivity index (χ1n) is 14.3. The van der Waals surface area contributed by atoms with E-state index >= 15 is 0 Å². The van der Waals surface area contributed by atoms with E-state index in [1.807, 2.05) is 24.3 Å². The molecule has 0 saturated carbocycles. The highest BCUT2D eigenvalue weighted by Crippen LogP contribution is 2.19. The Hall–Kier alpha value is -5.02. The number of aromatic amines is 3. The average molecular weight is 607 g/mol. The highest BCUT2D eigenvalue weighted by molar-refractivity contribution is 5.94. The molecule has 3 heterocycles. The first kappa shape index (κ1) is 31.9. The predicted molar refractivity (Wildman–Crippen MR) is 161 cm³/mol. The number of carboxylic acid groups (broad SMARTS) is 1. The molecule has 0 saturated heterocycles. The van der Waals surface area contributed by atoms with E-state index in [1.165, 1.54) is 25.0 Å². The summed E-state index contributed by atoms with van der Waals surface area (Å²) in [5.74, 6) is -3.11. The van der Waals surface area contributed by atoms with Crippen molar-refractivity contribution in [2.24, 2.45) is 11.5 Å². The Morgan fingerprint density at radius 2 is 1.41 bits per heavy atom. The molecule has 44 heavy (non-hydrogen) atoms. The van der Waals surface area contributed by atoms with Crippen LogP contribution in [0.4, 0.5) is 0 Å². The van der Waals surface area contributed by atoms with E-state index in [9.17, 15) is 24.3 Å². The highest BCUT2D eigenvalue weighted by Gasteiger charge is 2.31. The largest absolute Gasteiger partial charge is 0.480 e. The van der Waals surface area contributed by atoms with Crippen LogP contribution in [0.15, 0.2) is 55.5 Å². The summed E-state index contributed by atoms with van der Waals surface area (Å²) in [6.07, 6.45) is 9.20. The van der Waals surface area contributed by atoms with Crippen molar-refractivity contribution in [2.45, 2.75) is 62.7 Å². The number of fused-ring (bicyclic) bond motifs is 1. The minimum atomic E-state index is -1.29. The molecule has 0 bridgehead atoms. The molecule has 0 radical (unpaired) electrons. The number of rotatable bonds is 17. The third-order valence-corrected chi connectivity index (χ3v) is 7.24. The molecular formula is C29H38N10O5. The molecule has 1 aromatic carbocycles. The molecule has 0 aliphatic carbocycles. The van der Waals surface area contributed by atoms with E-state index in [2.05, 4.69) is 40.9 Å². The molecule has 4 unspecified atom stereocenters. The molecule has 15 nitrogen and oxygen atoms in total. The first-order valence-corrected chi connectivity index (χ1v) is 14.3. The fourth-order valence-electron chi connectivity index (χ4n) is 4.86. The number of hydrogen-bond donors (Lipinski definition) is 9. The molecule has 0 fully saturated rings. The van der Waals surface area contributed by atoms with Gasteiger partial charge in [0, 0.05) is 53.7 Å². The molecule has 0 aliphatic rings. The quantitative estimate of drug-likeness (QED) is 0.0711. The van der Waals surface area contributed by atoms with Gasteiger partial charge in [0.2, 0.25) is 17.7 Å². The number of H-pyrrole nitrogens is 3. The standard InChI is InChI=1S/C29H38N10O5/c30-8-4-3-7-23(37-26(40)21(31)9-17-12-34-22-6-2-1-5-20(17)22)27(41)38-24(10-18-13-32-15-35-18)28(42)39-25(29(43)44)11-19-14-33-16-36-19/h1-2,5-6,12-16,21,23-25,34H,3-4,7-11,30-31H2,(H,32,35)(H,33,36)(H,37,40)(H,38,41)(H,39,42)(H,43,44). The van der Waals surface area contributed by atoms with Gasteiger partial charge in [0.1, 0.15) is 18.1 Å². The second-order valence-corrected chi connectivity index (χ2v) is 10.5. The fraction of sp³-hybridized carbons (Fsp3) is 0.379. The minimum absolute atomic E-state index is 0.00247. The van der Waals surface area contributed by atoms with Gasteiger partial charge >= 0.3 is 5.97 Å². The number of amides is 3. The molecule has 234 valence electrons. The Morgan fingerprint density at radius 3 is 2.05 bits per heavy atom. The van der Waals surface area contributed by atoms with Crippen LogP contribution in [0.3, 0.4) is 0 Å². The second-order valence-electron chi connectivity index (χ2n) is 10.5. The van der Waals surface area contributed by atoms with E-state index in [-0.39, 0.29) is 25.7 Å².